The molecule has 2 unspecified atom stereocenters. The van der Waals surface area contributed by atoms with Crippen LogP contribution < -0.4 is 5.32 Å². The summed E-state index contributed by atoms with van der Waals surface area (Å²) in [6, 6.07) is 7.60. The third kappa shape index (κ3) is 4.62. The Morgan fingerprint density at radius 3 is 2.20 bits per heavy atom. The minimum atomic E-state index is -0.847. The molecule has 3 N–H and O–H groups in total. The summed E-state index contributed by atoms with van der Waals surface area (Å²) in [6.45, 7) is 6.42. The van der Waals surface area contributed by atoms with Crippen molar-refractivity contribution in [3.05, 3.63) is 35.4 Å². The van der Waals surface area contributed by atoms with E-state index in [1.54, 1.807) is 7.05 Å². The van der Waals surface area contributed by atoms with Gasteiger partial charge in [-0.2, -0.15) is 0 Å². The fourth-order valence-electron chi connectivity index (χ4n) is 2.15. The van der Waals surface area contributed by atoms with Crippen LogP contribution in [0.25, 0.3) is 0 Å². The van der Waals surface area contributed by atoms with Gasteiger partial charge in [0, 0.05) is 12.5 Å². The number of aliphatic carboxylic acids is 1. The molecule has 20 heavy (non-hydrogen) atoms. The summed E-state index contributed by atoms with van der Waals surface area (Å²) in [4.78, 5) is 10.6. The number of carbonyl (C=O) groups is 1. The number of hydrogen-bond donors (Lipinski definition) is 3. The van der Waals surface area contributed by atoms with Crippen LogP contribution in [-0.4, -0.2) is 29.3 Å². The van der Waals surface area contributed by atoms with Crippen LogP contribution in [0.1, 0.15) is 50.8 Å². The molecular weight excluding hydrogens is 254 g/mol. The molecule has 112 valence electrons. The second kappa shape index (κ2) is 6.86. The number of rotatable bonds is 6. The topological polar surface area (TPSA) is 69.6 Å². The van der Waals surface area contributed by atoms with E-state index in [0.29, 0.717) is 6.42 Å². The number of carboxylic acids is 1. The van der Waals surface area contributed by atoms with Gasteiger partial charge < -0.3 is 15.5 Å². The largest absolute Gasteiger partial charge is 0.481 e. The van der Waals surface area contributed by atoms with E-state index in [0.717, 1.165) is 5.56 Å². The molecule has 0 aliphatic carbocycles. The lowest BCUT2D eigenvalue weighted by molar-refractivity contribution is -0.137. The minimum absolute atomic E-state index is 0.0443. The summed E-state index contributed by atoms with van der Waals surface area (Å²) >= 11 is 0. The van der Waals surface area contributed by atoms with E-state index in [4.69, 9.17) is 5.11 Å². The Morgan fingerprint density at radius 1 is 1.25 bits per heavy atom. The number of hydrogen-bond acceptors (Lipinski definition) is 3. The van der Waals surface area contributed by atoms with Crippen molar-refractivity contribution in [2.75, 3.05) is 7.05 Å². The van der Waals surface area contributed by atoms with Crippen molar-refractivity contribution in [3.63, 3.8) is 0 Å². The van der Waals surface area contributed by atoms with E-state index in [-0.39, 0.29) is 17.9 Å². The lowest BCUT2D eigenvalue weighted by Gasteiger charge is -2.24. The molecule has 0 aromatic heterocycles. The predicted octanol–water partition coefficient (Wildman–Crippen LogP) is 2.47. The van der Waals surface area contributed by atoms with Crippen molar-refractivity contribution in [3.8, 4) is 0 Å². The highest BCUT2D eigenvalue weighted by Gasteiger charge is 2.21. The smallest absolute Gasteiger partial charge is 0.303 e. The SMILES string of the molecule is CNC(CCC(=O)O)C(O)c1ccc(C(C)(C)C)cc1. The number of aliphatic hydroxyl groups is 1. The number of nitrogens with one attached hydrogen (secondary N) is 1. The van der Waals surface area contributed by atoms with E-state index in [2.05, 4.69) is 26.1 Å². The summed E-state index contributed by atoms with van der Waals surface area (Å²) in [7, 11) is 1.74. The predicted molar refractivity (Wildman–Crippen MR) is 79.8 cm³/mol. The molecule has 0 aliphatic heterocycles. The average Bonchev–Trinajstić information content (AvgIpc) is 2.38. The van der Waals surface area contributed by atoms with Gasteiger partial charge in [0.15, 0.2) is 0 Å². The Balaban J connectivity index is 2.79. The Hall–Kier alpha value is -1.39. The van der Waals surface area contributed by atoms with Gasteiger partial charge in [-0.15, -0.1) is 0 Å². The zero-order valence-corrected chi connectivity index (χ0v) is 12.7. The number of likely N-dealkylation sites (N-methyl/N-ethyl adjacent to an activating group) is 1. The van der Waals surface area contributed by atoms with Gasteiger partial charge in [-0.25, -0.2) is 0 Å². The second-order valence-corrected chi connectivity index (χ2v) is 6.14. The van der Waals surface area contributed by atoms with Gasteiger partial charge >= 0.3 is 5.97 Å². The molecule has 1 aromatic rings. The zero-order chi connectivity index (χ0) is 15.3. The maximum Gasteiger partial charge on any atom is 0.303 e. The highest BCUT2D eigenvalue weighted by atomic mass is 16.4. The van der Waals surface area contributed by atoms with E-state index in [1.165, 1.54) is 5.56 Å². The molecule has 2 atom stereocenters. The molecule has 0 saturated heterocycles. The van der Waals surface area contributed by atoms with Crippen molar-refractivity contribution in [2.45, 2.75) is 51.2 Å². The minimum Gasteiger partial charge on any atom is -0.481 e. The quantitative estimate of drug-likeness (QED) is 0.748. The number of aliphatic hydroxyl groups excluding tert-OH is 1. The first-order valence-electron chi connectivity index (χ1n) is 6.93. The van der Waals surface area contributed by atoms with Crippen LogP contribution in [0.5, 0.6) is 0 Å². The van der Waals surface area contributed by atoms with Gasteiger partial charge in [-0.3, -0.25) is 4.79 Å². The molecule has 0 aliphatic rings. The van der Waals surface area contributed by atoms with Gasteiger partial charge in [0.2, 0.25) is 0 Å². The monoisotopic (exact) mass is 279 g/mol. The first-order valence-corrected chi connectivity index (χ1v) is 6.93. The van der Waals surface area contributed by atoms with E-state index >= 15 is 0 Å². The molecule has 0 heterocycles. The Bertz CT molecular complexity index is 434. The van der Waals surface area contributed by atoms with Crippen molar-refractivity contribution in [1.29, 1.82) is 0 Å². The highest BCUT2D eigenvalue weighted by molar-refractivity contribution is 5.66. The lowest BCUT2D eigenvalue weighted by atomic mass is 9.86. The fraction of sp³-hybridized carbons (Fsp3) is 0.562. The normalized spacial score (nSPS) is 14.8. The van der Waals surface area contributed by atoms with Crippen molar-refractivity contribution < 1.29 is 15.0 Å². The highest BCUT2D eigenvalue weighted by Crippen LogP contribution is 2.25. The van der Waals surface area contributed by atoms with E-state index in [9.17, 15) is 9.90 Å². The number of carboxylic acid groups (broad SMARTS) is 1. The maximum absolute atomic E-state index is 10.6. The molecule has 4 heteroatoms. The molecule has 0 spiro atoms. The third-order valence-corrected chi connectivity index (χ3v) is 3.54. The van der Waals surface area contributed by atoms with Gasteiger partial charge in [0.1, 0.15) is 0 Å². The van der Waals surface area contributed by atoms with Crippen LogP contribution in [-0.2, 0) is 10.2 Å². The van der Waals surface area contributed by atoms with Gasteiger partial charge in [-0.05, 0) is 30.0 Å². The maximum atomic E-state index is 10.6. The van der Waals surface area contributed by atoms with Gasteiger partial charge in [-0.1, -0.05) is 45.0 Å². The van der Waals surface area contributed by atoms with Gasteiger partial charge in [0.05, 0.1) is 6.10 Å². The fourth-order valence-corrected chi connectivity index (χ4v) is 2.15. The molecule has 0 fully saturated rings. The second-order valence-electron chi connectivity index (χ2n) is 6.14. The molecule has 0 bridgehead atoms. The van der Waals surface area contributed by atoms with Crippen LogP contribution in [0.2, 0.25) is 0 Å². The Morgan fingerprint density at radius 2 is 1.80 bits per heavy atom. The standard InChI is InChI=1S/C16H25NO3/c1-16(2,3)12-7-5-11(6-8-12)15(20)13(17-4)9-10-14(18)19/h5-8,13,15,17,20H,9-10H2,1-4H3,(H,18,19). The van der Waals surface area contributed by atoms with Gasteiger partial charge in [0.25, 0.3) is 0 Å². The molecule has 0 amide bonds. The summed E-state index contributed by atoms with van der Waals surface area (Å²) in [5, 5.41) is 22.0. The van der Waals surface area contributed by atoms with Crippen molar-refractivity contribution in [2.24, 2.45) is 0 Å². The first kappa shape index (κ1) is 16.7. The molecule has 0 radical (unpaired) electrons. The summed E-state index contributed by atoms with van der Waals surface area (Å²) in [5.74, 6) is -0.847. The van der Waals surface area contributed by atoms with Crippen molar-refractivity contribution >= 4 is 5.97 Å². The van der Waals surface area contributed by atoms with E-state index in [1.807, 2.05) is 24.3 Å². The molecule has 1 aromatic carbocycles. The molecule has 4 nitrogen and oxygen atoms in total. The van der Waals surface area contributed by atoms with Crippen LogP contribution in [0.3, 0.4) is 0 Å². The van der Waals surface area contributed by atoms with E-state index < -0.39 is 12.1 Å². The Labute approximate surface area is 120 Å². The molecule has 0 saturated carbocycles. The van der Waals surface area contributed by atoms with Crippen LogP contribution >= 0.6 is 0 Å². The summed E-state index contributed by atoms with van der Waals surface area (Å²) < 4.78 is 0. The van der Waals surface area contributed by atoms with Crippen molar-refractivity contribution in [1.82, 2.24) is 5.32 Å². The van der Waals surface area contributed by atoms with Crippen LogP contribution in [0, 0.1) is 0 Å². The summed E-state index contributed by atoms with van der Waals surface area (Å²) in [5.41, 5.74) is 2.09. The summed E-state index contributed by atoms with van der Waals surface area (Å²) in [6.07, 6.45) is -0.259. The van der Waals surface area contributed by atoms with Crippen LogP contribution in [0.4, 0.5) is 0 Å². The first-order chi connectivity index (χ1) is 9.25. The molecular formula is C16H25NO3. The van der Waals surface area contributed by atoms with Crippen LogP contribution in [0.15, 0.2) is 24.3 Å². The number of benzene rings is 1. The molecule has 1 rings (SSSR count). The zero-order valence-electron chi connectivity index (χ0n) is 12.7. The Kier molecular flexibility index (Phi) is 5.72. The third-order valence-electron chi connectivity index (χ3n) is 3.54. The lowest BCUT2D eigenvalue weighted by Crippen LogP contribution is -2.32. The average molecular weight is 279 g/mol.